The molecule has 0 unspecified atom stereocenters. The molecule has 34 heavy (non-hydrogen) atoms. The average molecular weight is 471 g/mol. The highest BCUT2D eigenvalue weighted by atomic mass is 19.3. The summed E-state index contributed by atoms with van der Waals surface area (Å²) in [7, 11) is 0. The molecular weight excluding hydrogens is 451 g/mol. The Labute approximate surface area is 192 Å². The Bertz CT molecular complexity index is 1270. The number of halogens is 3. The zero-order valence-corrected chi connectivity index (χ0v) is 17.9. The summed E-state index contributed by atoms with van der Waals surface area (Å²) in [4.78, 5) is 31.6. The fourth-order valence-corrected chi connectivity index (χ4v) is 4.08. The molecule has 10 heteroatoms. The van der Waals surface area contributed by atoms with Crippen molar-refractivity contribution >= 4 is 28.6 Å². The number of ether oxygens (including phenoxy) is 2. The highest BCUT2D eigenvalue weighted by Gasteiger charge is 2.47. The summed E-state index contributed by atoms with van der Waals surface area (Å²) >= 11 is 0. The van der Waals surface area contributed by atoms with Crippen LogP contribution < -0.4 is 9.64 Å². The normalized spacial score (nSPS) is 19.9. The zero-order valence-electron chi connectivity index (χ0n) is 17.9. The van der Waals surface area contributed by atoms with Crippen LogP contribution in [-0.4, -0.2) is 60.2 Å². The largest absolute Gasteiger partial charge is 0.466 e. The Morgan fingerprint density at radius 1 is 1.12 bits per heavy atom. The Balaban J connectivity index is 1.37. The van der Waals surface area contributed by atoms with Crippen LogP contribution in [0.1, 0.15) is 16.8 Å². The molecule has 2 saturated heterocycles. The Morgan fingerprint density at radius 2 is 1.94 bits per heavy atom. The number of carbonyl (C=O) groups is 2. The van der Waals surface area contributed by atoms with Crippen molar-refractivity contribution in [3.8, 4) is 5.88 Å². The van der Waals surface area contributed by atoms with Crippen molar-refractivity contribution in [2.45, 2.75) is 18.4 Å². The number of hydrogen-bond acceptors (Lipinski definition) is 5. The second-order valence-electron chi connectivity index (χ2n) is 8.14. The number of para-hydroxylation sites is 1. The van der Waals surface area contributed by atoms with E-state index >= 15 is 0 Å². The van der Waals surface area contributed by atoms with Crippen LogP contribution in [0, 0.1) is 5.82 Å². The molecule has 2 aliphatic heterocycles. The third-order valence-electron chi connectivity index (χ3n) is 5.95. The van der Waals surface area contributed by atoms with Crippen molar-refractivity contribution in [1.29, 1.82) is 0 Å². The van der Waals surface area contributed by atoms with E-state index in [1.165, 1.54) is 23.1 Å². The van der Waals surface area contributed by atoms with E-state index in [4.69, 9.17) is 9.47 Å². The van der Waals surface area contributed by atoms with Crippen LogP contribution in [0.15, 0.2) is 54.6 Å². The van der Waals surface area contributed by atoms with E-state index in [-0.39, 0.29) is 31.1 Å². The van der Waals surface area contributed by atoms with Gasteiger partial charge < -0.3 is 14.4 Å². The van der Waals surface area contributed by atoms with E-state index in [1.807, 2.05) is 12.1 Å². The molecule has 2 amide bonds. The number of fused-ring (bicyclic) bond motifs is 1. The number of likely N-dealkylation sites (tertiary alicyclic amines) is 1. The summed E-state index contributed by atoms with van der Waals surface area (Å²) in [6.07, 6.45) is -2.89. The van der Waals surface area contributed by atoms with Gasteiger partial charge >= 0.3 is 6.09 Å². The van der Waals surface area contributed by atoms with Gasteiger partial charge in [-0.3, -0.25) is 9.69 Å². The van der Waals surface area contributed by atoms with E-state index < -0.39 is 42.8 Å². The predicted molar refractivity (Wildman–Crippen MR) is 117 cm³/mol. The molecule has 2 fully saturated rings. The molecule has 176 valence electrons. The maximum Gasteiger partial charge on any atom is 0.414 e. The van der Waals surface area contributed by atoms with Crippen LogP contribution >= 0.6 is 0 Å². The van der Waals surface area contributed by atoms with Crippen molar-refractivity contribution in [1.82, 2.24) is 9.88 Å². The van der Waals surface area contributed by atoms with Crippen molar-refractivity contribution in [3.63, 3.8) is 0 Å². The van der Waals surface area contributed by atoms with Gasteiger partial charge in [0.2, 0.25) is 5.88 Å². The lowest BCUT2D eigenvalue weighted by molar-refractivity contribution is -0.131. The molecule has 0 spiro atoms. The smallest absolute Gasteiger partial charge is 0.414 e. The molecule has 2 aromatic carbocycles. The predicted octanol–water partition coefficient (Wildman–Crippen LogP) is 4.26. The zero-order chi connectivity index (χ0) is 23.9. The average Bonchev–Trinajstić information content (AvgIpc) is 3.26. The van der Waals surface area contributed by atoms with Gasteiger partial charge in [0.25, 0.3) is 11.8 Å². The summed E-state index contributed by atoms with van der Waals surface area (Å²) in [6.45, 7) is -0.271. The van der Waals surface area contributed by atoms with Gasteiger partial charge in [0, 0.05) is 30.1 Å². The van der Waals surface area contributed by atoms with Crippen LogP contribution in [0.5, 0.6) is 5.88 Å². The second kappa shape index (κ2) is 8.51. The topological polar surface area (TPSA) is 72.0 Å². The number of carbonyl (C=O) groups excluding carboxylic acids is 2. The molecule has 5 rings (SSSR count). The minimum absolute atomic E-state index is 0.0124. The lowest BCUT2D eigenvalue weighted by atomic mass is 10.0. The molecular formula is C24H20F3N3O4. The third-order valence-corrected chi connectivity index (χ3v) is 5.95. The summed E-state index contributed by atoms with van der Waals surface area (Å²) in [5.74, 6) is -4.77. The van der Waals surface area contributed by atoms with E-state index in [0.29, 0.717) is 11.2 Å². The number of piperidine rings is 1. The number of hydrogen-bond donors (Lipinski definition) is 0. The van der Waals surface area contributed by atoms with Crippen LogP contribution in [0.2, 0.25) is 0 Å². The van der Waals surface area contributed by atoms with E-state index in [1.54, 1.807) is 18.2 Å². The summed E-state index contributed by atoms with van der Waals surface area (Å²) in [5, 5.41) is 0.833. The number of amides is 2. The number of rotatable bonds is 4. The maximum atomic E-state index is 14.7. The monoisotopic (exact) mass is 471 g/mol. The minimum atomic E-state index is -3.20. The number of nitrogens with zero attached hydrogens (tertiary/aromatic N) is 3. The van der Waals surface area contributed by atoms with Gasteiger partial charge in [-0.1, -0.05) is 18.2 Å². The fourth-order valence-electron chi connectivity index (χ4n) is 4.08. The molecule has 0 aliphatic carbocycles. The van der Waals surface area contributed by atoms with Crippen molar-refractivity contribution in [2.24, 2.45) is 0 Å². The van der Waals surface area contributed by atoms with E-state index in [0.717, 1.165) is 16.4 Å². The molecule has 2 aliphatic rings. The van der Waals surface area contributed by atoms with Crippen LogP contribution in [0.3, 0.4) is 0 Å². The van der Waals surface area contributed by atoms with Crippen molar-refractivity contribution in [3.05, 3.63) is 66.0 Å². The number of cyclic esters (lactones) is 1. The lowest BCUT2D eigenvalue weighted by Crippen LogP contribution is -2.55. The van der Waals surface area contributed by atoms with Crippen molar-refractivity contribution in [2.75, 3.05) is 31.1 Å². The van der Waals surface area contributed by atoms with Gasteiger partial charge in [0.1, 0.15) is 12.4 Å². The second-order valence-corrected chi connectivity index (χ2v) is 8.14. The van der Waals surface area contributed by atoms with Gasteiger partial charge in [-0.2, -0.15) is 0 Å². The fraction of sp³-hybridized carbons (Fsp3) is 0.292. The Kier molecular flexibility index (Phi) is 5.51. The standard InChI is InChI=1S/C24H20F3N3O4/c25-18-7-6-16(30-11-12-33-23(30)32)13-17(18)22(31)29-10-9-24(26,27)20(14-29)34-21-8-5-15-3-1-2-4-19(15)28-21/h1-8,13,20H,9-12,14H2/t20-/m0/s1. The summed E-state index contributed by atoms with van der Waals surface area (Å²) in [6, 6.07) is 14.1. The minimum Gasteiger partial charge on any atom is -0.466 e. The van der Waals surface area contributed by atoms with E-state index in [9.17, 15) is 22.8 Å². The van der Waals surface area contributed by atoms with Gasteiger partial charge in [-0.25, -0.2) is 22.9 Å². The van der Waals surface area contributed by atoms with Gasteiger partial charge in [-0.15, -0.1) is 0 Å². The van der Waals surface area contributed by atoms with Crippen LogP contribution in [0.4, 0.5) is 23.7 Å². The number of aromatic nitrogens is 1. The highest BCUT2D eigenvalue weighted by Crippen LogP contribution is 2.33. The Morgan fingerprint density at radius 3 is 2.74 bits per heavy atom. The van der Waals surface area contributed by atoms with Crippen LogP contribution in [-0.2, 0) is 4.74 Å². The van der Waals surface area contributed by atoms with Gasteiger partial charge in [-0.05, 0) is 30.3 Å². The SMILES string of the molecule is O=C(c1cc(N2CCOC2=O)ccc1F)N1CCC(F)(F)[C@@H](Oc2ccc3ccccc3n2)C1. The molecule has 0 bridgehead atoms. The lowest BCUT2D eigenvalue weighted by Gasteiger charge is -2.38. The molecule has 3 aromatic rings. The number of pyridine rings is 1. The molecule has 0 N–H and O–H groups in total. The first-order chi connectivity index (χ1) is 16.3. The number of benzene rings is 2. The summed E-state index contributed by atoms with van der Waals surface area (Å²) < 4.78 is 54.3. The molecule has 1 aromatic heterocycles. The summed E-state index contributed by atoms with van der Waals surface area (Å²) in [5.41, 5.74) is 0.569. The van der Waals surface area contributed by atoms with Gasteiger partial charge in [0.05, 0.1) is 24.2 Å². The Hall–Kier alpha value is -3.82. The first kappa shape index (κ1) is 22.0. The first-order valence-corrected chi connectivity index (χ1v) is 10.8. The van der Waals surface area contributed by atoms with E-state index in [2.05, 4.69) is 4.98 Å². The third kappa shape index (κ3) is 4.11. The molecule has 0 radical (unpaired) electrons. The first-order valence-electron chi connectivity index (χ1n) is 10.8. The highest BCUT2D eigenvalue weighted by molar-refractivity contribution is 5.97. The molecule has 3 heterocycles. The van der Waals surface area contributed by atoms with Crippen LogP contribution in [0.25, 0.3) is 10.9 Å². The number of alkyl halides is 2. The maximum absolute atomic E-state index is 14.7. The molecule has 0 saturated carbocycles. The van der Waals surface area contributed by atoms with Crippen molar-refractivity contribution < 1.29 is 32.2 Å². The van der Waals surface area contributed by atoms with Gasteiger partial charge in [0.15, 0.2) is 6.10 Å². The number of anilines is 1. The molecule has 1 atom stereocenters. The molecule has 7 nitrogen and oxygen atoms in total. The quantitative estimate of drug-likeness (QED) is 0.569.